The Morgan fingerprint density at radius 3 is 2.57 bits per heavy atom. The molecule has 0 spiro atoms. The molecular formula is C19H16N6OS2. The molecule has 0 bridgehead atoms. The van der Waals surface area contributed by atoms with Gasteiger partial charge in [-0.25, -0.2) is 9.97 Å². The lowest BCUT2D eigenvalue weighted by atomic mass is 10.2. The summed E-state index contributed by atoms with van der Waals surface area (Å²) < 4.78 is 0. The minimum Gasteiger partial charge on any atom is -0.324 e. The Morgan fingerprint density at radius 1 is 1.00 bits per heavy atom. The van der Waals surface area contributed by atoms with Crippen molar-refractivity contribution in [3.8, 4) is 9.88 Å². The van der Waals surface area contributed by atoms with Gasteiger partial charge in [-0.3, -0.25) is 10.1 Å². The van der Waals surface area contributed by atoms with Crippen LogP contribution in [0, 0.1) is 13.8 Å². The first kappa shape index (κ1) is 18.2. The number of aromatic nitrogens is 4. The van der Waals surface area contributed by atoms with Crippen LogP contribution in [-0.2, 0) is 0 Å². The van der Waals surface area contributed by atoms with Crippen LogP contribution in [0.4, 0.5) is 16.8 Å². The van der Waals surface area contributed by atoms with Crippen LogP contribution in [0.25, 0.3) is 9.88 Å². The molecule has 0 aliphatic heterocycles. The standard InChI is InChI=1S/C19H16N6OS2/c1-11-9-12(2)21-18(20-11)22-14-6-3-5-13(10-14)16(26)23-19-25-24-17(28-19)15-7-4-8-27-15/h3-10H,1-2H3,(H,20,21,22)(H,23,25,26). The summed E-state index contributed by atoms with van der Waals surface area (Å²) in [4.78, 5) is 22.3. The molecule has 0 fully saturated rings. The highest BCUT2D eigenvalue weighted by Gasteiger charge is 2.12. The minimum atomic E-state index is -0.251. The van der Waals surface area contributed by atoms with Crippen LogP contribution >= 0.6 is 22.7 Å². The second-order valence-electron chi connectivity index (χ2n) is 6.02. The second-order valence-corrected chi connectivity index (χ2v) is 7.95. The summed E-state index contributed by atoms with van der Waals surface area (Å²) in [6, 6.07) is 13.0. The Morgan fingerprint density at radius 2 is 1.82 bits per heavy atom. The van der Waals surface area contributed by atoms with Crippen molar-refractivity contribution in [1.29, 1.82) is 0 Å². The third kappa shape index (κ3) is 4.21. The number of benzene rings is 1. The van der Waals surface area contributed by atoms with Crippen LogP contribution in [0.1, 0.15) is 21.7 Å². The SMILES string of the molecule is Cc1cc(C)nc(Nc2cccc(C(=O)Nc3nnc(-c4cccs4)s3)c2)n1. The van der Waals surface area contributed by atoms with Crippen molar-refractivity contribution in [3.05, 3.63) is 64.8 Å². The summed E-state index contributed by atoms with van der Waals surface area (Å²) in [5, 5.41) is 17.4. The molecule has 3 heterocycles. The van der Waals surface area contributed by atoms with E-state index < -0.39 is 0 Å². The highest BCUT2D eigenvalue weighted by molar-refractivity contribution is 7.23. The molecule has 0 unspecified atom stereocenters. The van der Waals surface area contributed by atoms with Crippen molar-refractivity contribution in [2.75, 3.05) is 10.6 Å². The van der Waals surface area contributed by atoms with Gasteiger partial charge in [-0.2, -0.15) is 0 Å². The van der Waals surface area contributed by atoms with Gasteiger partial charge in [0.2, 0.25) is 11.1 Å². The third-order valence-electron chi connectivity index (χ3n) is 3.74. The number of amides is 1. The molecule has 0 aliphatic carbocycles. The fraction of sp³-hybridized carbons (Fsp3) is 0.105. The van der Waals surface area contributed by atoms with Crippen LogP contribution in [0.15, 0.2) is 47.8 Å². The topological polar surface area (TPSA) is 92.7 Å². The molecule has 4 rings (SSSR count). The Balaban J connectivity index is 1.48. The zero-order chi connectivity index (χ0) is 19.5. The van der Waals surface area contributed by atoms with Gasteiger partial charge in [-0.1, -0.05) is 23.5 Å². The van der Waals surface area contributed by atoms with E-state index in [0.717, 1.165) is 27.0 Å². The molecule has 1 aromatic carbocycles. The number of nitrogens with zero attached hydrogens (tertiary/aromatic N) is 4. The van der Waals surface area contributed by atoms with Crippen molar-refractivity contribution in [2.45, 2.75) is 13.8 Å². The van der Waals surface area contributed by atoms with Gasteiger partial charge >= 0.3 is 0 Å². The molecule has 7 nitrogen and oxygen atoms in total. The van der Waals surface area contributed by atoms with Gasteiger partial charge in [-0.15, -0.1) is 21.5 Å². The van der Waals surface area contributed by atoms with Crippen LogP contribution in [0.3, 0.4) is 0 Å². The maximum atomic E-state index is 12.6. The Hall–Kier alpha value is -3.17. The number of hydrogen-bond acceptors (Lipinski definition) is 8. The quantitative estimate of drug-likeness (QED) is 0.498. The van der Waals surface area contributed by atoms with E-state index in [1.807, 2.05) is 43.5 Å². The molecule has 140 valence electrons. The van der Waals surface area contributed by atoms with Gasteiger partial charge in [0.25, 0.3) is 5.91 Å². The zero-order valence-electron chi connectivity index (χ0n) is 15.1. The van der Waals surface area contributed by atoms with E-state index in [2.05, 4.69) is 30.8 Å². The van der Waals surface area contributed by atoms with E-state index in [9.17, 15) is 4.79 Å². The van der Waals surface area contributed by atoms with E-state index in [0.29, 0.717) is 16.6 Å². The van der Waals surface area contributed by atoms with E-state index in [-0.39, 0.29) is 5.91 Å². The largest absolute Gasteiger partial charge is 0.324 e. The summed E-state index contributed by atoms with van der Waals surface area (Å²) in [6.07, 6.45) is 0. The molecule has 3 aromatic heterocycles. The molecule has 0 aliphatic rings. The van der Waals surface area contributed by atoms with E-state index >= 15 is 0 Å². The average molecular weight is 409 g/mol. The molecule has 9 heteroatoms. The Bertz CT molecular complexity index is 1100. The molecule has 0 saturated heterocycles. The minimum absolute atomic E-state index is 0.251. The molecule has 1 amide bonds. The number of anilines is 3. The van der Waals surface area contributed by atoms with Gasteiger partial charge < -0.3 is 5.32 Å². The third-order valence-corrected chi connectivity index (χ3v) is 5.62. The monoisotopic (exact) mass is 408 g/mol. The van der Waals surface area contributed by atoms with Crippen molar-refractivity contribution < 1.29 is 4.79 Å². The summed E-state index contributed by atoms with van der Waals surface area (Å²) in [5.41, 5.74) is 2.99. The lowest BCUT2D eigenvalue weighted by molar-refractivity contribution is 0.102. The number of carbonyl (C=O) groups excluding carboxylic acids is 1. The van der Waals surface area contributed by atoms with Gasteiger partial charge in [-0.05, 0) is 49.6 Å². The van der Waals surface area contributed by atoms with Gasteiger partial charge in [0.15, 0.2) is 5.01 Å². The van der Waals surface area contributed by atoms with Crippen LogP contribution in [0.2, 0.25) is 0 Å². The number of rotatable bonds is 5. The molecule has 2 N–H and O–H groups in total. The van der Waals surface area contributed by atoms with Gasteiger partial charge in [0.05, 0.1) is 4.88 Å². The first-order chi connectivity index (χ1) is 13.6. The molecule has 0 atom stereocenters. The van der Waals surface area contributed by atoms with Crippen LogP contribution in [-0.4, -0.2) is 26.1 Å². The molecule has 0 radical (unpaired) electrons. The van der Waals surface area contributed by atoms with Crippen LogP contribution < -0.4 is 10.6 Å². The molecule has 28 heavy (non-hydrogen) atoms. The maximum Gasteiger partial charge on any atom is 0.257 e. The first-order valence-electron chi connectivity index (χ1n) is 8.45. The smallest absolute Gasteiger partial charge is 0.257 e. The zero-order valence-corrected chi connectivity index (χ0v) is 16.8. The fourth-order valence-electron chi connectivity index (χ4n) is 2.59. The predicted octanol–water partition coefficient (Wildman–Crippen LogP) is 4.67. The summed E-state index contributed by atoms with van der Waals surface area (Å²) in [6.45, 7) is 3.83. The molecular weight excluding hydrogens is 392 g/mol. The Kier molecular flexibility index (Phi) is 5.09. The van der Waals surface area contributed by atoms with E-state index in [4.69, 9.17) is 0 Å². The second kappa shape index (κ2) is 7.83. The highest BCUT2D eigenvalue weighted by atomic mass is 32.1. The number of hydrogen-bond donors (Lipinski definition) is 2. The van der Waals surface area contributed by atoms with Crippen LogP contribution in [0.5, 0.6) is 0 Å². The maximum absolute atomic E-state index is 12.6. The fourth-order valence-corrected chi connectivity index (χ4v) is 4.12. The normalized spacial score (nSPS) is 10.6. The van der Waals surface area contributed by atoms with Gasteiger partial charge in [0.1, 0.15) is 0 Å². The number of nitrogens with one attached hydrogen (secondary N) is 2. The number of carbonyl (C=O) groups is 1. The summed E-state index contributed by atoms with van der Waals surface area (Å²) in [5.74, 6) is 0.249. The van der Waals surface area contributed by atoms with E-state index in [1.54, 1.807) is 29.5 Å². The molecule has 4 aromatic rings. The number of aryl methyl sites for hydroxylation is 2. The lowest BCUT2D eigenvalue weighted by Gasteiger charge is -2.08. The van der Waals surface area contributed by atoms with Gasteiger partial charge in [0, 0.05) is 22.6 Å². The first-order valence-corrected chi connectivity index (χ1v) is 10.1. The Labute approximate surface area is 169 Å². The van der Waals surface area contributed by atoms with Crippen molar-refractivity contribution in [3.63, 3.8) is 0 Å². The van der Waals surface area contributed by atoms with Crippen molar-refractivity contribution >= 4 is 45.3 Å². The highest BCUT2D eigenvalue weighted by Crippen LogP contribution is 2.30. The van der Waals surface area contributed by atoms with Crippen molar-refractivity contribution in [2.24, 2.45) is 0 Å². The van der Waals surface area contributed by atoms with E-state index in [1.165, 1.54) is 11.3 Å². The van der Waals surface area contributed by atoms with Crippen molar-refractivity contribution in [1.82, 2.24) is 20.2 Å². The summed E-state index contributed by atoms with van der Waals surface area (Å²) in [7, 11) is 0. The molecule has 0 saturated carbocycles. The average Bonchev–Trinajstić information content (AvgIpc) is 3.32. The lowest BCUT2D eigenvalue weighted by Crippen LogP contribution is -2.12. The summed E-state index contributed by atoms with van der Waals surface area (Å²) >= 11 is 2.93. The number of thiophene rings is 1. The predicted molar refractivity (Wildman–Crippen MR) is 112 cm³/mol.